The SMILES string of the molecule is c1ccc(-c2nc(-c3ccc4ccc5ccccc5c4c3)nc(-c3cccc4c3[se]c3ccccc34)n2)cc1. The zero-order chi connectivity index (χ0) is 25.8. The summed E-state index contributed by atoms with van der Waals surface area (Å²) < 4.78 is 2.75. The molecule has 4 heteroatoms. The minimum atomic E-state index is 0.199. The maximum absolute atomic E-state index is 5.11. The average Bonchev–Trinajstić information content (AvgIpc) is 3.40. The number of fused-ring (bicyclic) bond motifs is 6. The first-order chi connectivity index (χ1) is 19.3. The van der Waals surface area contributed by atoms with E-state index in [1.165, 1.54) is 40.8 Å². The first-order valence-electron chi connectivity index (χ1n) is 13.0. The summed E-state index contributed by atoms with van der Waals surface area (Å²) in [6.45, 7) is 0. The molecular formula is C35H21N3Se. The van der Waals surface area contributed by atoms with Crippen LogP contribution < -0.4 is 0 Å². The standard InChI is InChI=1S/C35H21N3Se/c1-2-10-24(11-3-1)33-36-34(25-20-19-23-18-17-22-9-4-5-12-26(22)30(23)21-25)38-35(37-33)29-15-8-14-28-27-13-6-7-16-31(27)39-32(28)29/h1-21H. The van der Waals surface area contributed by atoms with Crippen LogP contribution in [0.5, 0.6) is 0 Å². The number of rotatable bonds is 3. The molecule has 2 heterocycles. The van der Waals surface area contributed by atoms with E-state index in [9.17, 15) is 0 Å². The molecule has 0 unspecified atom stereocenters. The van der Waals surface area contributed by atoms with E-state index in [1.54, 1.807) is 0 Å². The number of hydrogen-bond donors (Lipinski definition) is 0. The van der Waals surface area contributed by atoms with Crippen LogP contribution >= 0.6 is 0 Å². The molecule has 0 fully saturated rings. The molecule has 0 aliphatic rings. The van der Waals surface area contributed by atoms with Crippen molar-refractivity contribution < 1.29 is 0 Å². The minimum absolute atomic E-state index is 0.199. The fourth-order valence-electron chi connectivity index (χ4n) is 5.41. The summed E-state index contributed by atoms with van der Waals surface area (Å²) in [7, 11) is 0. The predicted molar refractivity (Wildman–Crippen MR) is 163 cm³/mol. The van der Waals surface area contributed by atoms with Crippen molar-refractivity contribution >= 4 is 55.3 Å². The molecule has 0 N–H and O–H groups in total. The Bertz CT molecular complexity index is 2180. The molecule has 0 spiro atoms. The van der Waals surface area contributed by atoms with Gasteiger partial charge in [0, 0.05) is 0 Å². The quantitative estimate of drug-likeness (QED) is 0.160. The van der Waals surface area contributed by atoms with Crippen molar-refractivity contribution in [2.45, 2.75) is 0 Å². The molecule has 8 rings (SSSR count). The van der Waals surface area contributed by atoms with Crippen molar-refractivity contribution in [3.8, 4) is 34.2 Å². The second-order valence-corrected chi connectivity index (χ2v) is 11.9. The second-order valence-electron chi connectivity index (χ2n) is 9.68. The molecule has 0 saturated carbocycles. The van der Waals surface area contributed by atoms with Gasteiger partial charge in [0.1, 0.15) is 0 Å². The Morgan fingerprint density at radius 2 is 1.05 bits per heavy atom. The third-order valence-electron chi connectivity index (χ3n) is 7.32. The Morgan fingerprint density at radius 3 is 1.92 bits per heavy atom. The Morgan fingerprint density at radius 1 is 0.410 bits per heavy atom. The molecule has 0 saturated heterocycles. The molecule has 182 valence electrons. The van der Waals surface area contributed by atoms with Crippen LogP contribution in [0.1, 0.15) is 0 Å². The topological polar surface area (TPSA) is 38.7 Å². The molecule has 39 heavy (non-hydrogen) atoms. The van der Waals surface area contributed by atoms with Crippen molar-refractivity contribution in [1.29, 1.82) is 0 Å². The van der Waals surface area contributed by atoms with Crippen molar-refractivity contribution in [1.82, 2.24) is 15.0 Å². The van der Waals surface area contributed by atoms with Crippen LogP contribution in [0.15, 0.2) is 127 Å². The molecule has 0 aliphatic carbocycles. The van der Waals surface area contributed by atoms with Crippen molar-refractivity contribution in [3.05, 3.63) is 127 Å². The molecule has 0 bridgehead atoms. The van der Waals surface area contributed by atoms with E-state index in [0.717, 1.165) is 22.5 Å². The molecule has 6 aromatic carbocycles. The Kier molecular flexibility index (Phi) is 5.15. The molecule has 0 atom stereocenters. The van der Waals surface area contributed by atoms with Crippen molar-refractivity contribution in [3.63, 3.8) is 0 Å². The maximum atomic E-state index is 5.11. The van der Waals surface area contributed by atoms with Crippen LogP contribution in [0.3, 0.4) is 0 Å². The van der Waals surface area contributed by atoms with Gasteiger partial charge >= 0.3 is 232 Å². The fourth-order valence-corrected chi connectivity index (χ4v) is 7.95. The van der Waals surface area contributed by atoms with Gasteiger partial charge in [-0.1, -0.05) is 0 Å². The Balaban J connectivity index is 1.39. The predicted octanol–water partition coefficient (Wildman–Crippen LogP) is 8.54. The first-order valence-corrected chi connectivity index (χ1v) is 14.7. The van der Waals surface area contributed by atoms with Gasteiger partial charge in [0.05, 0.1) is 0 Å². The molecule has 0 radical (unpaired) electrons. The summed E-state index contributed by atoms with van der Waals surface area (Å²) >= 11 is 0.199. The summed E-state index contributed by atoms with van der Waals surface area (Å²) in [6.07, 6.45) is 0. The van der Waals surface area contributed by atoms with Crippen LogP contribution in [-0.4, -0.2) is 29.5 Å². The zero-order valence-corrected chi connectivity index (χ0v) is 22.6. The van der Waals surface area contributed by atoms with E-state index in [-0.39, 0.29) is 14.5 Å². The van der Waals surface area contributed by atoms with E-state index in [2.05, 4.69) is 109 Å². The number of nitrogens with zero attached hydrogens (tertiary/aromatic N) is 3. The molecule has 8 aromatic rings. The van der Waals surface area contributed by atoms with Crippen LogP contribution in [0.25, 0.3) is 75.0 Å². The van der Waals surface area contributed by atoms with Crippen molar-refractivity contribution in [2.24, 2.45) is 0 Å². The third kappa shape index (κ3) is 3.77. The van der Waals surface area contributed by atoms with Crippen LogP contribution in [0.2, 0.25) is 0 Å². The van der Waals surface area contributed by atoms with Crippen LogP contribution in [-0.2, 0) is 0 Å². The van der Waals surface area contributed by atoms with Gasteiger partial charge in [0.25, 0.3) is 0 Å². The van der Waals surface area contributed by atoms with E-state index < -0.39 is 0 Å². The fraction of sp³-hybridized carbons (Fsp3) is 0. The van der Waals surface area contributed by atoms with E-state index in [1.807, 2.05) is 18.2 Å². The van der Waals surface area contributed by atoms with Gasteiger partial charge in [-0.3, -0.25) is 0 Å². The van der Waals surface area contributed by atoms with E-state index in [4.69, 9.17) is 15.0 Å². The summed E-state index contributed by atoms with van der Waals surface area (Å²) in [4.78, 5) is 15.2. The Hall–Kier alpha value is -4.63. The summed E-state index contributed by atoms with van der Waals surface area (Å²) in [5.74, 6) is 2.10. The van der Waals surface area contributed by atoms with Gasteiger partial charge in [-0.25, -0.2) is 0 Å². The molecule has 0 amide bonds. The zero-order valence-electron chi connectivity index (χ0n) is 20.9. The average molecular weight is 563 g/mol. The molecular weight excluding hydrogens is 541 g/mol. The van der Waals surface area contributed by atoms with E-state index >= 15 is 0 Å². The molecule has 0 aliphatic heterocycles. The monoisotopic (exact) mass is 563 g/mol. The summed E-state index contributed by atoms with van der Waals surface area (Å²) in [5, 5.41) is 7.49. The molecule has 3 nitrogen and oxygen atoms in total. The van der Waals surface area contributed by atoms with E-state index in [0.29, 0.717) is 11.6 Å². The van der Waals surface area contributed by atoms with Gasteiger partial charge in [-0.05, 0) is 0 Å². The van der Waals surface area contributed by atoms with Gasteiger partial charge in [0.15, 0.2) is 0 Å². The second kappa shape index (κ2) is 8.99. The number of hydrogen-bond acceptors (Lipinski definition) is 3. The van der Waals surface area contributed by atoms with Crippen LogP contribution in [0, 0.1) is 0 Å². The molecule has 2 aromatic heterocycles. The van der Waals surface area contributed by atoms with Crippen LogP contribution in [0.4, 0.5) is 0 Å². The summed E-state index contributed by atoms with van der Waals surface area (Å²) in [6, 6.07) is 44.8. The number of benzene rings is 6. The van der Waals surface area contributed by atoms with Gasteiger partial charge in [-0.2, -0.15) is 0 Å². The van der Waals surface area contributed by atoms with Crippen molar-refractivity contribution in [2.75, 3.05) is 0 Å². The van der Waals surface area contributed by atoms with Gasteiger partial charge < -0.3 is 0 Å². The van der Waals surface area contributed by atoms with Gasteiger partial charge in [-0.15, -0.1) is 0 Å². The first kappa shape index (κ1) is 22.4. The Labute approximate surface area is 231 Å². The van der Waals surface area contributed by atoms with Gasteiger partial charge in [0.2, 0.25) is 0 Å². The number of aromatic nitrogens is 3. The normalized spacial score (nSPS) is 11.6. The summed E-state index contributed by atoms with van der Waals surface area (Å²) in [5.41, 5.74) is 3.06. The third-order valence-corrected chi connectivity index (χ3v) is 9.88.